The van der Waals surface area contributed by atoms with Gasteiger partial charge < -0.3 is 9.64 Å². The molecule has 1 unspecified atom stereocenters. The van der Waals surface area contributed by atoms with E-state index in [0.29, 0.717) is 82.6 Å². The SMILES string of the molecule is O=C(c1ccc(F)cc1)C1CCN(C(=O)c2ccc(CN3CC4(CCN(Cc5ccc(S(=O)C(F)(F)F)cc5)CC4)OC3=O)cc2)CC1. The average molecular weight is 686 g/mol. The number of alkyl halides is 3. The number of amides is 2. The quantitative estimate of drug-likeness (QED) is 0.208. The van der Waals surface area contributed by atoms with Gasteiger partial charge in [-0.2, -0.15) is 13.2 Å². The molecule has 3 aromatic rings. The van der Waals surface area contributed by atoms with Gasteiger partial charge in [0.1, 0.15) is 11.4 Å². The molecule has 8 nitrogen and oxygen atoms in total. The summed E-state index contributed by atoms with van der Waals surface area (Å²) in [6.45, 7) is 3.48. The lowest BCUT2D eigenvalue weighted by atomic mass is 9.88. The van der Waals surface area contributed by atoms with Crippen molar-refractivity contribution in [3.05, 3.63) is 101 Å². The Morgan fingerprint density at radius 3 is 1.98 bits per heavy atom. The third-order valence-electron chi connectivity index (χ3n) is 9.42. The number of rotatable bonds is 8. The Hall–Kier alpha value is -4.10. The molecule has 3 aliphatic rings. The van der Waals surface area contributed by atoms with Crippen molar-refractivity contribution >= 4 is 28.6 Å². The smallest absolute Gasteiger partial charge is 0.441 e. The number of piperidine rings is 2. The van der Waals surface area contributed by atoms with E-state index < -0.39 is 33.8 Å². The van der Waals surface area contributed by atoms with Crippen molar-refractivity contribution in [1.82, 2.24) is 14.7 Å². The molecule has 0 radical (unpaired) electrons. The molecule has 48 heavy (non-hydrogen) atoms. The van der Waals surface area contributed by atoms with Crippen LogP contribution in [0, 0.1) is 11.7 Å². The summed E-state index contributed by atoms with van der Waals surface area (Å²) >= 11 is 0. The van der Waals surface area contributed by atoms with Crippen LogP contribution in [0.5, 0.6) is 0 Å². The second-order valence-corrected chi connectivity index (χ2v) is 14.1. The van der Waals surface area contributed by atoms with Crippen molar-refractivity contribution in [3.63, 3.8) is 0 Å². The van der Waals surface area contributed by atoms with Gasteiger partial charge in [0.05, 0.1) is 6.54 Å². The van der Waals surface area contributed by atoms with Crippen LogP contribution < -0.4 is 0 Å². The minimum atomic E-state index is -4.80. The third-order valence-corrected chi connectivity index (χ3v) is 10.5. The molecule has 0 aliphatic carbocycles. The van der Waals surface area contributed by atoms with Gasteiger partial charge in [-0.25, -0.2) is 13.4 Å². The summed E-state index contributed by atoms with van der Waals surface area (Å²) in [5, 5.41) is 0. The zero-order valence-corrected chi connectivity index (χ0v) is 26.9. The van der Waals surface area contributed by atoms with Crippen LogP contribution in [-0.2, 0) is 28.6 Å². The molecule has 0 N–H and O–H groups in total. The fourth-order valence-corrected chi connectivity index (χ4v) is 7.30. The molecular formula is C35H35F4N3O5S. The van der Waals surface area contributed by atoms with E-state index in [9.17, 15) is 36.2 Å². The van der Waals surface area contributed by atoms with Crippen LogP contribution in [0.25, 0.3) is 0 Å². The molecule has 3 fully saturated rings. The Bertz CT molecular complexity index is 1670. The highest BCUT2D eigenvalue weighted by Gasteiger charge is 2.47. The van der Waals surface area contributed by atoms with E-state index >= 15 is 0 Å². The molecule has 6 rings (SSSR count). The number of hydrogen-bond acceptors (Lipinski definition) is 6. The van der Waals surface area contributed by atoms with E-state index in [1.165, 1.54) is 36.4 Å². The van der Waals surface area contributed by atoms with Crippen molar-refractivity contribution in [2.75, 3.05) is 32.7 Å². The van der Waals surface area contributed by atoms with E-state index in [4.69, 9.17) is 4.74 Å². The highest BCUT2D eigenvalue weighted by Crippen LogP contribution is 2.35. The van der Waals surface area contributed by atoms with E-state index in [2.05, 4.69) is 4.90 Å². The van der Waals surface area contributed by atoms with Crippen LogP contribution in [0.2, 0.25) is 0 Å². The molecule has 3 aromatic carbocycles. The lowest BCUT2D eigenvalue weighted by molar-refractivity contribution is -0.0384. The van der Waals surface area contributed by atoms with Crippen LogP contribution in [-0.4, -0.2) is 80.5 Å². The molecule has 3 saturated heterocycles. The maximum absolute atomic E-state index is 13.2. The number of benzene rings is 3. The Morgan fingerprint density at radius 1 is 0.812 bits per heavy atom. The van der Waals surface area contributed by atoms with Crippen LogP contribution in [0.3, 0.4) is 0 Å². The van der Waals surface area contributed by atoms with Gasteiger partial charge in [-0.15, -0.1) is 0 Å². The maximum atomic E-state index is 13.2. The van der Waals surface area contributed by atoms with Gasteiger partial charge in [-0.1, -0.05) is 24.3 Å². The van der Waals surface area contributed by atoms with Gasteiger partial charge in [0, 0.05) is 74.1 Å². The zero-order valence-electron chi connectivity index (χ0n) is 26.1. The lowest BCUT2D eigenvalue weighted by Gasteiger charge is -2.37. The van der Waals surface area contributed by atoms with Crippen LogP contribution >= 0.6 is 0 Å². The van der Waals surface area contributed by atoms with E-state index in [1.54, 1.807) is 34.1 Å². The van der Waals surface area contributed by atoms with Gasteiger partial charge in [-0.05, 0) is 72.5 Å². The number of likely N-dealkylation sites (tertiary alicyclic amines) is 2. The second kappa shape index (κ2) is 13.8. The first-order valence-corrected chi connectivity index (χ1v) is 17.0. The number of hydrogen-bond donors (Lipinski definition) is 0. The second-order valence-electron chi connectivity index (χ2n) is 12.7. The molecule has 3 aliphatic heterocycles. The molecule has 1 spiro atoms. The summed E-state index contributed by atoms with van der Waals surface area (Å²) < 4.78 is 68.9. The third kappa shape index (κ3) is 7.62. The topological polar surface area (TPSA) is 87.2 Å². The molecule has 0 aromatic heterocycles. The average Bonchev–Trinajstić information content (AvgIpc) is 3.39. The van der Waals surface area contributed by atoms with Crippen LogP contribution in [0.4, 0.5) is 22.4 Å². The molecule has 3 heterocycles. The molecular weight excluding hydrogens is 650 g/mol. The Kier molecular flexibility index (Phi) is 9.71. The Labute approximate surface area is 278 Å². The van der Waals surface area contributed by atoms with Gasteiger partial charge in [0.25, 0.3) is 5.91 Å². The minimum Gasteiger partial charge on any atom is -0.441 e. The Balaban J connectivity index is 0.963. The Morgan fingerprint density at radius 2 is 1.38 bits per heavy atom. The van der Waals surface area contributed by atoms with Gasteiger partial charge in [0.15, 0.2) is 16.6 Å². The highest BCUT2D eigenvalue weighted by atomic mass is 32.2. The summed E-state index contributed by atoms with van der Waals surface area (Å²) in [5.41, 5.74) is -2.74. The number of carbonyl (C=O) groups excluding carboxylic acids is 3. The molecule has 0 saturated carbocycles. The largest absolute Gasteiger partial charge is 0.475 e. The lowest BCUT2D eigenvalue weighted by Crippen LogP contribution is -2.46. The van der Waals surface area contributed by atoms with E-state index in [-0.39, 0.29) is 22.5 Å². The molecule has 0 bridgehead atoms. The number of carbonyl (C=O) groups is 3. The van der Waals surface area contributed by atoms with Crippen molar-refractivity contribution < 1.29 is 40.9 Å². The van der Waals surface area contributed by atoms with E-state index in [0.717, 1.165) is 11.1 Å². The van der Waals surface area contributed by atoms with Crippen LogP contribution in [0.15, 0.2) is 77.7 Å². The first-order chi connectivity index (χ1) is 22.9. The monoisotopic (exact) mass is 685 g/mol. The van der Waals surface area contributed by atoms with Crippen LogP contribution in [0.1, 0.15) is 57.5 Å². The van der Waals surface area contributed by atoms with Gasteiger partial charge >= 0.3 is 11.6 Å². The first kappa shape index (κ1) is 33.8. The van der Waals surface area contributed by atoms with Crippen molar-refractivity contribution in [3.8, 4) is 0 Å². The van der Waals surface area contributed by atoms with Crippen molar-refractivity contribution in [2.24, 2.45) is 5.92 Å². The normalized spacial score (nSPS) is 19.4. The molecule has 254 valence electrons. The first-order valence-electron chi connectivity index (χ1n) is 15.8. The summed E-state index contributed by atoms with van der Waals surface area (Å²) in [4.78, 5) is 44.1. The summed E-state index contributed by atoms with van der Waals surface area (Å²) in [7, 11) is -3.06. The number of nitrogens with zero attached hydrogens (tertiary/aromatic N) is 3. The van der Waals surface area contributed by atoms with Gasteiger partial charge in [-0.3, -0.25) is 19.4 Å². The molecule has 13 heteroatoms. The number of halogens is 4. The summed E-state index contributed by atoms with van der Waals surface area (Å²) in [5.74, 6) is -0.750. The number of ketones is 1. The number of Topliss-reactive ketones (excluding diaryl/α,β-unsaturated/α-hetero) is 1. The fraction of sp³-hybridized carbons (Fsp3) is 0.400. The predicted molar refractivity (Wildman–Crippen MR) is 169 cm³/mol. The summed E-state index contributed by atoms with van der Waals surface area (Å²) in [6.07, 6.45) is 1.92. The van der Waals surface area contributed by atoms with Crippen molar-refractivity contribution in [2.45, 2.75) is 54.8 Å². The molecule has 2 amide bonds. The van der Waals surface area contributed by atoms with Crippen molar-refractivity contribution in [1.29, 1.82) is 0 Å². The van der Waals surface area contributed by atoms with Gasteiger partial charge in [0.2, 0.25) is 0 Å². The number of ether oxygens (including phenoxy) is 1. The minimum absolute atomic E-state index is 0.0315. The fourth-order valence-electron chi connectivity index (χ4n) is 6.65. The highest BCUT2D eigenvalue weighted by molar-refractivity contribution is 7.86. The molecule has 1 atom stereocenters. The summed E-state index contributed by atoms with van der Waals surface area (Å²) in [6, 6.07) is 18.3. The predicted octanol–water partition coefficient (Wildman–Crippen LogP) is 6.18. The zero-order chi connectivity index (χ0) is 34.1. The van der Waals surface area contributed by atoms with E-state index in [1.807, 2.05) is 12.1 Å². The maximum Gasteiger partial charge on any atom is 0.475 e. The standard InChI is InChI=1S/C35H35F4N3O5S/c36-29-9-7-26(8-10-29)31(43)27-13-17-41(18-14-27)32(44)28-5-1-25(2-6-28)22-42-23-34(47-33(42)45)15-19-40(20-16-34)21-24-3-11-30(12-4-24)48(46)35(37,38)39/h1-12,27H,13-23H2.